The highest BCUT2D eigenvalue weighted by atomic mass is 32.2. The highest BCUT2D eigenvalue weighted by Crippen LogP contribution is 2.18. The Kier molecular flexibility index (Phi) is 6.63. The Morgan fingerprint density at radius 3 is 2.43 bits per heavy atom. The average Bonchev–Trinajstić information content (AvgIpc) is 3.34. The summed E-state index contributed by atoms with van der Waals surface area (Å²) in [4.78, 5) is 17.6. The first kappa shape index (κ1) is 20.4. The molecule has 1 saturated heterocycles. The van der Waals surface area contributed by atoms with E-state index in [4.69, 9.17) is 0 Å². The second kappa shape index (κ2) is 9.75. The summed E-state index contributed by atoms with van der Waals surface area (Å²) in [5.41, 5.74) is 5.58. The number of carbonyl (C=O) groups is 1. The van der Waals surface area contributed by atoms with Crippen LogP contribution in [0.5, 0.6) is 0 Å². The van der Waals surface area contributed by atoms with Gasteiger partial charge in [0.25, 0.3) is 5.91 Å². The van der Waals surface area contributed by atoms with Crippen LogP contribution in [0.2, 0.25) is 0 Å². The van der Waals surface area contributed by atoms with E-state index in [9.17, 15) is 9.00 Å². The number of amides is 1. The third-order valence-corrected chi connectivity index (χ3v) is 6.31. The number of hydrazine groups is 1. The summed E-state index contributed by atoms with van der Waals surface area (Å²) in [7, 11) is -1.33. The van der Waals surface area contributed by atoms with Crippen LogP contribution in [-0.2, 0) is 24.1 Å². The molecule has 0 saturated carbocycles. The number of aromatic nitrogens is 1. The van der Waals surface area contributed by atoms with Gasteiger partial charge in [0.05, 0.1) is 17.1 Å². The second-order valence-corrected chi connectivity index (χ2v) is 8.58. The molecule has 1 N–H and O–H groups in total. The molecule has 154 valence electrons. The van der Waals surface area contributed by atoms with Crippen LogP contribution in [0.25, 0.3) is 0 Å². The third-order valence-electron chi connectivity index (χ3n) is 4.91. The van der Waals surface area contributed by atoms with E-state index in [1.165, 1.54) is 0 Å². The Morgan fingerprint density at radius 1 is 1.00 bits per heavy atom. The van der Waals surface area contributed by atoms with E-state index in [2.05, 4.69) is 10.4 Å². The van der Waals surface area contributed by atoms with Gasteiger partial charge in [-0.3, -0.25) is 14.8 Å². The van der Waals surface area contributed by atoms with Gasteiger partial charge in [0.2, 0.25) is 0 Å². The zero-order valence-corrected chi connectivity index (χ0v) is 17.4. The Bertz CT molecular complexity index is 991. The standard InChI is InChI=1S/C23H24N4O2S/c28-23(27-16-6-15-25-27)20-12-10-19(11-13-20)17-26(18-21-7-4-5-14-24-21)30(29)22-8-2-1-3-9-22/h1-5,7-14,25H,6,15-18H2. The minimum Gasteiger partial charge on any atom is -0.274 e. The minimum atomic E-state index is -1.33. The summed E-state index contributed by atoms with van der Waals surface area (Å²) in [6.07, 6.45) is 2.71. The lowest BCUT2D eigenvalue weighted by atomic mass is 10.1. The van der Waals surface area contributed by atoms with Crippen molar-refractivity contribution in [3.63, 3.8) is 0 Å². The van der Waals surface area contributed by atoms with Crippen molar-refractivity contribution < 1.29 is 9.00 Å². The van der Waals surface area contributed by atoms with Crippen molar-refractivity contribution in [3.05, 3.63) is 95.8 Å². The molecule has 0 bridgehead atoms. The first-order valence-electron chi connectivity index (χ1n) is 9.97. The predicted octanol–water partition coefficient (Wildman–Crippen LogP) is 3.16. The molecule has 1 aliphatic heterocycles. The summed E-state index contributed by atoms with van der Waals surface area (Å²) in [6.45, 7) is 2.50. The van der Waals surface area contributed by atoms with Gasteiger partial charge in [-0.05, 0) is 48.4 Å². The van der Waals surface area contributed by atoms with E-state index in [1.807, 2.05) is 77.1 Å². The van der Waals surface area contributed by atoms with Gasteiger partial charge in [0.1, 0.15) is 11.0 Å². The Hall–Kier alpha value is -2.87. The van der Waals surface area contributed by atoms with Crippen molar-refractivity contribution in [2.24, 2.45) is 0 Å². The fourth-order valence-electron chi connectivity index (χ4n) is 3.35. The molecule has 6 nitrogen and oxygen atoms in total. The summed E-state index contributed by atoms with van der Waals surface area (Å²) >= 11 is 0. The fourth-order valence-corrected chi connectivity index (χ4v) is 4.55. The van der Waals surface area contributed by atoms with E-state index in [1.54, 1.807) is 11.2 Å². The smallest absolute Gasteiger partial charge is 0.267 e. The molecule has 1 fully saturated rings. The summed E-state index contributed by atoms with van der Waals surface area (Å²) < 4.78 is 15.1. The van der Waals surface area contributed by atoms with E-state index < -0.39 is 11.0 Å². The maximum Gasteiger partial charge on any atom is 0.267 e. The van der Waals surface area contributed by atoms with E-state index >= 15 is 0 Å². The van der Waals surface area contributed by atoms with Gasteiger partial charge in [0, 0.05) is 31.4 Å². The van der Waals surface area contributed by atoms with Gasteiger partial charge in [-0.2, -0.15) is 0 Å². The number of pyridine rings is 1. The zero-order chi connectivity index (χ0) is 20.8. The van der Waals surface area contributed by atoms with Crippen molar-refractivity contribution >= 4 is 16.9 Å². The van der Waals surface area contributed by atoms with E-state index in [0.717, 1.165) is 35.7 Å². The van der Waals surface area contributed by atoms with Crippen molar-refractivity contribution in [3.8, 4) is 0 Å². The summed E-state index contributed by atoms with van der Waals surface area (Å²) in [5.74, 6) is -0.0164. The highest BCUT2D eigenvalue weighted by Gasteiger charge is 2.20. The van der Waals surface area contributed by atoms with Gasteiger partial charge in [-0.1, -0.05) is 36.4 Å². The lowest BCUT2D eigenvalue weighted by Gasteiger charge is -2.21. The largest absolute Gasteiger partial charge is 0.274 e. The second-order valence-electron chi connectivity index (χ2n) is 7.10. The van der Waals surface area contributed by atoms with Crippen LogP contribution in [0.15, 0.2) is 83.9 Å². The molecule has 1 aliphatic rings. The average molecular weight is 421 g/mol. The van der Waals surface area contributed by atoms with Crippen molar-refractivity contribution in [1.29, 1.82) is 0 Å². The highest BCUT2D eigenvalue weighted by molar-refractivity contribution is 7.82. The molecule has 1 unspecified atom stereocenters. The van der Waals surface area contributed by atoms with Crippen molar-refractivity contribution in [2.75, 3.05) is 13.1 Å². The molecule has 0 spiro atoms. The molecule has 7 heteroatoms. The van der Waals surface area contributed by atoms with Gasteiger partial charge in [0.15, 0.2) is 0 Å². The van der Waals surface area contributed by atoms with Crippen molar-refractivity contribution in [2.45, 2.75) is 24.4 Å². The van der Waals surface area contributed by atoms with Crippen LogP contribution in [0, 0.1) is 0 Å². The zero-order valence-electron chi connectivity index (χ0n) is 16.6. The molecule has 1 atom stereocenters. The number of nitrogens with one attached hydrogen (secondary N) is 1. The predicted molar refractivity (Wildman–Crippen MR) is 116 cm³/mol. The first-order chi connectivity index (χ1) is 14.7. The van der Waals surface area contributed by atoms with Crippen LogP contribution >= 0.6 is 0 Å². The SMILES string of the molecule is O=C(c1ccc(CN(Cc2ccccn2)S(=O)c2ccccc2)cc1)N1CCCN1. The minimum absolute atomic E-state index is 0.0164. The normalized spacial score (nSPS) is 14.8. The molecule has 0 radical (unpaired) electrons. The maximum absolute atomic E-state index is 13.2. The number of nitrogens with zero attached hydrogens (tertiary/aromatic N) is 3. The lowest BCUT2D eigenvalue weighted by molar-refractivity contribution is 0.0726. The van der Waals surface area contributed by atoms with E-state index in [-0.39, 0.29) is 5.91 Å². The number of benzene rings is 2. The quantitative estimate of drug-likeness (QED) is 0.638. The lowest BCUT2D eigenvalue weighted by Crippen LogP contribution is -2.36. The molecule has 0 aliphatic carbocycles. The number of carbonyl (C=O) groups excluding carboxylic acids is 1. The molecule has 2 aromatic carbocycles. The summed E-state index contributed by atoms with van der Waals surface area (Å²) in [5, 5.41) is 1.66. The van der Waals surface area contributed by atoms with E-state index in [0.29, 0.717) is 18.7 Å². The van der Waals surface area contributed by atoms with Crippen LogP contribution in [0.3, 0.4) is 0 Å². The molecule has 2 heterocycles. The topological polar surface area (TPSA) is 65.5 Å². The number of hydrogen-bond acceptors (Lipinski definition) is 4. The first-order valence-corrected chi connectivity index (χ1v) is 11.1. The van der Waals surface area contributed by atoms with Gasteiger partial charge >= 0.3 is 0 Å². The number of hydrogen-bond donors (Lipinski definition) is 1. The Morgan fingerprint density at radius 2 is 1.77 bits per heavy atom. The Balaban J connectivity index is 1.52. The van der Waals surface area contributed by atoms with Crippen LogP contribution in [0.1, 0.15) is 28.0 Å². The molecular weight excluding hydrogens is 396 g/mol. The van der Waals surface area contributed by atoms with Gasteiger partial charge in [-0.15, -0.1) is 0 Å². The van der Waals surface area contributed by atoms with Crippen molar-refractivity contribution in [1.82, 2.24) is 19.7 Å². The molecule has 30 heavy (non-hydrogen) atoms. The van der Waals surface area contributed by atoms with Gasteiger partial charge < -0.3 is 0 Å². The molecule has 1 aromatic heterocycles. The third kappa shape index (κ3) is 4.99. The van der Waals surface area contributed by atoms with Crippen LogP contribution in [0.4, 0.5) is 0 Å². The fraction of sp³-hybridized carbons (Fsp3) is 0.217. The molecule has 1 amide bonds. The molecular formula is C23H24N4O2S. The van der Waals surface area contributed by atoms with Crippen LogP contribution in [-0.4, -0.2) is 37.5 Å². The Labute approximate surface area is 179 Å². The van der Waals surface area contributed by atoms with Gasteiger partial charge in [-0.25, -0.2) is 13.9 Å². The summed E-state index contributed by atoms with van der Waals surface area (Å²) in [6, 6.07) is 22.7. The van der Waals surface area contributed by atoms with Crippen LogP contribution < -0.4 is 5.43 Å². The molecule has 4 rings (SSSR count). The maximum atomic E-state index is 13.2. The monoisotopic (exact) mass is 420 g/mol. The number of rotatable bonds is 7. The molecule has 3 aromatic rings.